The molecule has 0 saturated heterocycles. The number of hydrogen-bond acceptors (Lipinski definition) is 7. The minimum Gasteiger partial charge on any atom is -0.495 e. The molecule has 1 aliphatic heterocycles. The maximum atomic E-state index is 12.8. The second kappa shape index (κ2) is 5.50. The van der Waals surface area contributed by atoms with Crippen molar-refractivity contribution < 1.29 is 18.6 Å². The first-order chi connectivity index (χ1) is 13.0. The molecule has 0 saturated carbocycles. The number of benzene rings is 1. The highest BCUT2D eigenvalue weighted by molar-refractivity contribution is 7.19. The van der Waals surface area contributed by atoms with Crippen molar-refractivity contribution in [1.82, 2.24) is 9.97 Å². The SMILES string of the molecule is COc1c2c(c(OC)c3occc13)OC(C)c1sc3nc(C)[nH]c(=O)c3c1-2. The summed E-state index contributed by atoms with van der Waals surface area (Å²) in [5, 5.41) is 1.30. The summed E-state index contributed by atoms with van der Waals surface area (Å²) < 4.78 is 23.2. The van der Waals surface area contributed by atoms with E-state index in [1.165, 1.54) is 11.3 Å². The summed E-state index contributed by atoms with van der Waals surface area (Å²) in [4.78, 5) is 21.7. The Bertz CT molecular complexity index is 1280. The molecule has 0 bridgehead atoms. The molecule has 1 N–H and O–H groups in total. The number of fused-ring (bicyclic) bond motifs is 6. The van der Waals surface area contributed by atoms with Crippen LogP contribution in [0.25, 0.3) is 32.3 Å². The molecule has 138 valence electrons. The van der Waals surface area contributed by atoms with Gasteiger partial charge in [-0.05, 0) is 19.9 Å². The summed E-state index contributed by atoms with van der Waals surface area (Å²) >= 11 is 1.46. The van der Waals surface area contributed by atoms with E-state index >= 15 is 0 Å². The van der Waals surface area contributed by atoms with Crippen LogP contribution in [0, 0.1) is 6.92 Å². The van der Waals surface area contributed by atoms with Gasteiger partial charge < -0.3 is 23.6 Å². The van der Waals surface area contributed by atoms with Gasteiger partial charge in [0.05, 0.1) is 41.7 Å². The Morgan fingerprint density at radius 3 is 2.74 bits per heavy atom. The van der Waals surface area contributed by atoms with E-state index in [0.29, 0.717) is 44.4 Å². The number of furan rings is 1. The predicted molar refractivity (Wildman–Crippen MR) is 102 cm³/mol. The number of hydrogen-bond donors (Lipinski definition) is 1. The van der Waals surface area contributed by atoms with E-state index in [1.54, 1.807) is 27.4 Å². The van der Waals surface area contributed by atoms with Crippen molar-refractivity contribution in [2.24, 2.45) is 0 Å². The highest BCUT2D eigenvalue weighted by atomic mass is 32.1. The van der Waals surface area contributed by atoms with Gasteiger partial charge in [-0.15, -0.1) is 11.3 Å². The standard InChI is InChI=1S/C19H16N2O5S/c1-7-17-10(12-18(22)20-8(2)21-19(12)27-17)11-13(23-3)9-5-6-25-14(9)16(24-4)15(11)26-7/h5-7H,1-4H3,(H,20,21,22). The zero-order valence-corrected chi connectivity index (χ0v) is 15.9. The third-order valence-electron chi connectivity index (χ3n) is 4.81. The molecule has 0 aliphatic carbocycles. The fourth-order valence-electron chi connectivity index (χ4n) is 3.75. The summed E-state index contributed by atoms with van der Waals surface area (Å²) in [7, 11) is 3.16. The average Bonchev–Trinajstić information content (AvgIpc) is 3.24. The van der Waals surface area contributed by atoms with Crippen LogP contribution in [0.5, 0.6) is 17.2 Å². The van der Waals surface area contributed by atoms with Crippen molar-refractivity contribution in [3.63, 3.8) is 0 Å². The van der Waals surface area contributed by atoms with E-state index in [4.69, 9.17) is 18.6 Å². The van der Waals surface area contributed by atoms with Gasteiger partial charge in [0.2, 0.25) is 5.75 Å². The van der Waals surface area contributed by atoms with Crippen molar-refractivity contribution in [1.29, 1.82) is 0 Å². The number of rotatable bonds is 2. The molecular formula is C19H16N2O5S. The second-order valence-electron chi connectivity index (χ2n) is 6.37. The largest absolute Gasteiger partial charge is 0.495 e. The number of aryl methyl sites for hydroxylation is 1. The highest BCUT2D eigenvalue weighted by Gasteiger charge is 2.36. The van der Waals surface area contributed by atoms with Gasteiger partial charge in [0.1, 0.15) is 22.5 Å². The molecular weight excluding hydrogens is 368 g/mol. The molecule has 0 radical (unpaired) electrons. The highest BCUT2D eigenvalue weighted by Crippen LogP contribution is 2.58. The van der Waals surface area contributed by atoms with Crippen molar-refractivity contribution in [2.75, 3.05) is 14.2 Å². The summed E-state index contributed by atoms with van der Waals surface area (Å²) in [6.07, 6.45) is 1.31. The molecule has 1 unspecified atom stereocenters. The lowest BCUT2D eigenvalue weighted by Gasteiger charge is -2.27. The first-order valence-electron chi connectivity index (χ1n) is 8.40. The van der Waals surface area contributed by atoms with Crippen LogP contribution >= 0.6 is 11.3 Å². The maximum Gasteiger partial charge on any atom is 0.260 e. The van der Waals surface area contributed by atoms with Crippen molar-refractivity contribution in [3.05, 3.63) is 33.4 Å². The van der Waals surface area contributed by atoms with Gasteiger partial charge in [-0.1, -0.05) is 0 Å². The predicted octanol–water partition coefficient (Wildman–Crippen LogP) is 4.18. The van der Waals surface area contributed by atoms with Crippen LogP contribution in [0.2, 0.25) is 0 Å². The van der Waals surface area contributed by atoms with Crippen LogP contribution in [0.4, 0.5) is 0 Å². The van der Waals surface area contributed by atoms with Gasteiger partial charge in [0, 0.05) is 5.56 Å². The van der Waals surface area contributed by atoms with Crippen LogP contribution in [0.3, 0.4) is 0 Å². The smallest absolute Gasteiger partial charge is 0.260 e. The molecule has 1 atom stereocenters. The van der Waals surface area contributed by atoms with Crippen molar-refractivity contribution >= 4 is 32.5 Å². The Kier molecular flexibility index (Phi) is 3.30. The molecule has 8 heteroatoms. The fraction of sp³-hybridized carbons (Fsp3) is 0.263. The van der Waals surface area contributed by atoms with E-state index in [0.717, 1.165) is 15.8 Å². The van der Waals surface area contributed by atoms with Crippen LogP contribution in [-0.2, 0) is 0 Å². The van der Waals surface area contributed by atoms with Crippen LogP contribution in [-0.4, -0.2) is 24.2 Å². The van der Waals surface area contributed by atoms with E-state index in [9.17, 15) is 4.79 Å². The molecule has 1 aromatic carbocycles. The lowest BCUT2D eigenvalue weighted by atomic mass is 9.95. The number of aromatic amines is 1. The van der Waals surface area contributed by atoms with Crippen molar-refractivity contribution in [3.8, 4) is 28.4 Å². The number of aromatic nitrogens is 2. The third kappa shape index (κ3) is 2.01. The lowest BCUT2D eigenvalue weighted by molar-refractivity contribution is 0.215. The quantitative estimate of drug-likeness (QED) is 0.558. The molecule has 27 heavy (non-hydrogen) atoms. The zero-order valence-electron chi connectivity index (χ0n) is 15.1. The van der Waals surface area contributed by atoms with Gasteiger partial charge in [0.15, 0.2) is 11.3 Å². The van der Waals surface area contributed by atoms with E-state index in [-0.39, 0.29) is 11.7 Å². The monoisotopic (exact) mass is 384 g/mol. The van der Waals surface area contributed by atoms with Crippen LogP contribution in [0.15, 0.2) is 21.5 Å². The molecule has 4 heterocycles. The molecule has 4 aromatic rings. The van der Waals surface area contributed by atoms with E-state index in [2.05, 4.69) is 9.97 Å². The summed E-state index contributed by atoms with van der Waals surface area (Å²) in [6.45, 7) is 3.71. The lowest BCUT2D eigenvalue weighted by Crippen LogP contribution is -2.13. The number of H-pyrrole nitrogens is 1. The number of ether oxygens (including phenoxy) is 3. The summed E-state index contributed by atoms with van der Waals surface area (Å²) in [5.74, 6) is 2.16. The van der Waals surface area contributed by atoms with Gasteiger partial charge in [0.25, 0.3) is 5.56 Å². The molecule has 1 aliphatic rings. The zero-order chi connectivity index (χ0) is 18.9. The topological polar surface area (TPSA) is 86.6 Å². The molecule has 0 fully saturated rings. The van der Waals surface area contributed by atoms with E-state index in [1.807, 2.05) is 13.0 Å². The Morgan fingerprint density at radius 2 is 2.00 bits per heavy atom. The minimum absolute atomic E-state index is 0.177. The fourth-order valence-corrected chi connectivity index (χ4v) is 4.96. The molecule has 7 nitrogen and oxygen atoms in total. The number of nitrogens with zero attached hydrogens (tertiary/aromatic N) is 1. The third-order valence-corrected chi connectivity index (χ3v) is 6.05. The molecule has 0 amide bonds. The maximum absolute atomic E-state index is 12.8. The average molecular weight is 384 g/mol. The van der Waals surface area contributed by atoms with E-state index < -0.39 is 0 Å². The van der Waals surface area contributed by atoms with Gasteiger partial charge in [-0.3, -0.25) is 4.79 Å². The minimum atomic E-state index is -0.266. The Labute approximate surface area is 157 Å². The van der Waals surface area contributed by atoms with Gasteiger partial charge >= 0.3 is 0 Å². The second-order valence-corrected chi connectivity index (χ2v) is 7.40. The number of methoxy groups -OCH3 is 2. The van der Waals surface area contributed by atoms with Crippen molar-refractivity contribution in [2.45, 2.75) is 20.0 Å². The van der Waals surface area contributed by atoms with Gasteiger partial charge in [-0.25, -0.2) is 4.98 Å². The first-order valence-corrected chi connectivity index (χ1v) is 9.22. The Hall–Kier alpha value is -3.00. The number of thiophene rings is 1. The van der Waals surface area contributed by atoms with Crippen LogP contribution in [0.1, 0.15) is 23.7 Å². The molecule has 3 aromatic heterocycles. The summed E-state index contributed by atoms with van der Waals surface area (Å²) in [6, 6.07) is 1.82. The normalized spacial score (nSPS) is 15.5. The van der Waals surface area contributed by atoms with Gasteiger partial charge in [-0.2, -0.15) is 0 Å². The Balaban J connectivity index is 2.03. The number of nitrogens with one attached hydrogen (secondary N) is 1. The Morgan fingerprint density at radius 1 is 1.22 bits per heavy atom. The molecule has 0 spiro atoms. The molecule has 5 rings (SSSR count). The first kappa shape index (κ1) is 16.2. The van der Waals surface area contributed by atoms with Crippen LogP contribution < -0.4 is 19.8 Å². The summed E-state index contributed by atoms with van der Waals surface area (Å²) in [5.41, 5.74) is 1.85.